The zero-order valence-corrected chi connectivity index (χ0v) is 11.0. The fraction of sp³-hybridized carbons (Fsp3) is 1.00. The molecule has 0 aliphatic heterocycles. The molecule has 2 nitrogen and oxygen atoms in total. The second-order valence-corrected chi connectivity index (χ2v) is 10.7. The van der Waals surface area contributed by atoms with E-state index < -0.39 is 17.1 Å². The van der Waals surface area contributed by atoms with E-state index in [4.69, 9.17) is 8.85 Å². The van der Waals surface area contributed by atoms with E-state index in [1.807, 2.05) is 6.92 Å². The zero-order valence-electron chi connectivity index (χ0n) is 9.02. The van der Waals surface area contributed by atoms with Crippen LogP contribution in [-0.4, -0.2) is 29.3 Å². The molecular formula is C8H20O2Si2. The molecule has 0 aliphatic carbocycles. The van der Waals surface area contributed by atoms with Gasteiger partial charge in [-0.3, -0.25) is 0 Å². The van der Waals surface area contributed by atoms with Crippen LogP contribution in [0.1, 0.15) is 27.7 Å². The number of hydrogen-bond acceptors (Lipinski definition) is 2. The molecule has 0 rings (SSSR count). The molecule has 0 N–H and O–H groups in total. The van der Waals surface area contributed by atoms with E-state index in [0.29, 0.717) is 0 Å². The summed E-state index contributed by atoms with van der Waals surface area (Å²) < 4.78 is 11.4. The quantitative estimate of drug-likeness (QED) is 0.653. The van der Waals surface area contributed by atoms with Gasteiger partial charge < -0.3 is 8.85 Å². The first-order valence-corrected chi connectivity index (χ1v) is 9.17. The van der Waals surface area contributed by atoms with Crippen LogP contribution in [0, 0.1) is 0 Å². The molecule has 0 amide bonds. The molecule has 0 unspecified atom stereocenters. The summed E-state index contributed by atoms with van der Waals surface area (Å²) in [4.78, 5) is 0. The van der Waals surface area contributed by atoms with Gasteiger partial charge in [-0.15, -0.1) is 0 Å². The van der Waals surface area contributed by atoms with E-state index in [0.717, 1.165) is 6.61 Å². The summed E-state index contributed by atoms with van der Waals surface area (Å²) in [5, 5.41) is 0. The lowest BCUT2D eigenvalue weighted by Gasteiger charge is -2.26. The minimum Gasteiger partial charge on any atom is -0.418 e. The summed E-state index contributed by atoms with van der Waals surface area (Å²) in [6, 6.07) is 0. The predicted molar refractivity (Wildman–Crippen MR) is 55.7 cm³/mol. The monoisotopic (exact) mass is 204 g/mol. The Bertz CT molecular complexity index is 123. The topological polar surface area (TPSA) is 18.5 Å². The molecule has 12 heavy (non-hydrogen) atoms. The van der Waals surface area contributed by atoms with Gasteiger partial charge in [0.1, 0.15) is 0 Å². The zero-order chi connectivity index (χ0) is 9.78. The average molecular weight is 204 g/mol. The third-order valence-electron chi connectivity index (χ3n) is 1.32. The molecule has 0 saturated carbocycles. The smallest absolute Gasteiger partial charge is 0.226 e. The van der Waals surface area contributed by atoms with Crippen LogP contribution in [0.4, 0.5) is 0 Å². The van der Waals surface area contributed by atoms with E-state index in [-0.39, 0.29) is 5.60 Å². The molecule has 0 bridgehead atoms. The number of hydrogen-bond donors (Lipinski definition) is 0. The van der Waals surface area contributed by atoms with Crippen molar-refractivity contribution in [1.29, 1.82) is 0 Å². The standard InChI is InChI=1S/C8H20O2Si2/c1-7-9-11(5)12(6)10-8(2,3)4/h7H2,1-6H3. The third-order valence-corrected chi connectivity index (χ3v) is 7.66. The lowest BCUT2D eigenvalue weighted by atomic mass is 10.2. The van der Waals surface area contributed by atoms with E-state index in [2.05, 4.69) is 33.9 Å². The summed E-state index contributed by atoms with van der Waals surface area (Å²) >= 11 is 0. The largest absolute Gasteiger partial charge is 0.418 e. The Kier molecular flexibility index (Phi) is 5.32. The van der Waals surface area contributed by atoms with E-state index in [9.17, 15) is 0 Å². The van der Waals surface area contributed by atoms with E-state index >= 15 is 0 Å². The van der Waals surface area contributed by atoms with Crippen molar-refractivity contribution in [2.75, 3.05) is 6.61 Å². The van der Waals surface area contributed by atoms with Crippen molar-refractivity contribution in [2.24, 2.45) is 0 Å². The Labute approximate surface area is 79.5 Å². The van der Waals surface area contributed by atoms with Crippen molar-refractivity contribution < 1.29 is 8.85 Å². The first-order chi connectivity index (χ1) is 5.37. The predicted octanol–water partition coefficient (Wildman–Crippen LogP) is 2.16. The summed E-state index contributed by atoms with van der Waals surface area (Å²) in [7, 11) is -1.38. The van der Waals surface area contributed by atoms with Crippen molar-refractivity contribution in [3.63, 3.8) is 0 Å². The van der Waals surface area contributed by atoms with Crippen LogP contribution >= 0.6 is 0 Å². The first-order valence-electron chi connectivity index (χ1n) is 4.36. The van der Waals surface area contributed by atoms with Gasteiger partial charge in [-0.25, -0.2) is 0 Å². The fourth-order valence-electron chi connectivity index (χ4n) is 0.849. The van der Waals surface area contributed by atoms with Gasteiger partial charge in [-0.05, 0) is 40.8 Å². The minimum absolute atomic E-state index is 0.00786. The highest BCUT2D eigenvalue weighted by atomic mass is 29.2. The van der Waals surface area contributed by atoms with Gasteiger partial charge >= 0.3 is 0 Å². The molecule has 0 aromatic rings. The van der Waals surface area contributed by atoms with Gasteiger partial charge in [0.25, 0.3) is 0 Å². The Balaban J connectivity index is 3.78. The van der Waals surface area contributed by atoms with Gasteiger partial charge in [0.05, 0.1) is 0 Å². The summed E-state index contributed by atoms with van der Waals surface area (Å²) in [6.45, 7) is 13.5. The van der Waals surface area contributed by atoms with Gasteiger partial charge in [-0.2, -0.15) is 0 Å². The maximum Gasteiger partial charge on any atom is 0.226 e. The molecule has 0 atom stereocenters. The Hall–Kier alpha value is 0.354. The Morgan fingerprint density at radius 3 is 1.92 bits per heavy atom. The van der Waals surface area contributed by atoms with Crippen molar-refractivity contribution in [3.8, 4) is 0 Å². The third kappa shape index (κ3) is 5.94. The van der Waals surface area contributed by atoms with Crippen LogP contribution in [0.5, 0.6) is 0 Å². The van der Waals surface area contributed by atoms with Crippen LogP contribution in [-0.2, 0) is 8.85 Å². The maximum absolute atomic E-state index is 5.87. The van der Waals surface area contributed by atoms with Gasteiger partial charge in [0.15, 0.2) is 0 Å². The fourth-order valence-corrected chi connectivity index (χ4v) is 4.94. The molecule has 72 valence electrons. The highest BCUT2D eigenvalue weighted by Gasteiger charge is 2.24. The molecule has 0 saturated heterocycles. The maximum atomic E-state index is 5.87. The second-order valence-electron chi connectivity index (χ2n) is 3.76. The summed E-state index contributed by atoms with van der Waals surface area (Å²) in [6.07, 6.45) is 0. The summed E-state index contributed by atoms with van der Waals surface area (Å²) in [5.74, 6) is 0. The SMILES string of the molecule is CCO[Si](C)[Si](C)OC(C)(C)C. The highest BCUT2D eigenvalue weighted by molar-refractivity contribution is 7.15. The van der Waals surface area contributed by atoms with Crippen LogP contribution in [0.2, 0.25) is 13.1 Å². The molecule has 0 aromatic carbocycles. The molecule has 2 radical (unpaired) electrons. The average Bonchev–Trinajstić information content (AvgIpc) is 1.84. The summed E-state index contributed by atoms with van der Waals surface area (Å²) in [5.41, 5.74) is -0.00786. The minimum atomic E-state index is -0.708. The van der Waals surface area contributed by atoms with Crippen LogP contribution < -0.4 is 0 Å². The lowest BCUT2D eigenvalue weighted by Crippen LogP contribution is -2.41. The van der Waals surface area contributed by atoms with Crippen LogP contribution in [0.15, 0.2) is 0 Å². The van der Waals surface area contributed by atoms with Crippen molar-refractivity contribution in [3.05, 3.63) is 0 Å². The molecule has 0 fully saturated rings. The molecule has 0 spiro atoms. The lowest BCUT2D eigenvalue weighted by molar-refractivity contribution is 0.133. The highest BCUT2D eigenvalue weighted by Crippen LogP contribution is 2.10. The Morgan fingerprint density at radius 2 is 1.58 bits per heavy atom. The van der Waals surface area contributed by atoms with Gasteiger partial charge in [0, 0.05) is 12.2 Å². The first kappa shape index (κ1) is 12.4. The Morgan fingerprint density at radius 1 is 1.08 bits per heavy atom. The van der Waals surface area contributed by atoms with Gasteiger partial charge in [0.2, 0.25) is 17.1 Å². The molecule has 4 heteroatoms. The molecule has 0 aliphatic rings. The van der Waals surface area contributed by atoms with Crippen molar-refractivity contribution >= 4 is 17.1 Å². The van der Waals surface area contributed by atoms with E-state index in [1.165, 1.54) is 0 Å². The number of rotatable bonds is 4. The van der Waals surface area contributed by atoms with E-state index in [1.54, 1.807) is 0 Å². The molecular weight excluding hydrogens is 184 g/mol. The van der Waals surface area contributed by atoms with Gasteiger partial charge in [-0.1, -0.05) is 0 Å². The molecule has 0 aromatic heterocycles. The van der Waals surface area contributed by atoms with Crippen molar-refractivity contribution in [2.45, 2.75) is 46.4 Å². The normalized spacial score (nSPS) is 13.0. The van der Waals surface area contributed by atoms with Crippen molar-refractivity contribution in [1.82, 2.24) is 0 Å². The second kappa shape index (κ2) is 5.16. The van der Waals surface area contributed by atoms with Crippen LogP contribution in [0.3, 0.4) is 0 Å². The molecule has 0 heterocycles. The van der Waals surface area contributed by atoms with Crippen LogP contribution in [0.25, 0.3) is 0 Å².